The number of rotatable bonds is 0. The minimum absolute atomic E-state index is 0.156. The van der Waals surface area contributed by atoms with E-state index in [1.54, 1.807) is 0 Å². The second kappa shape index (κ2) is 4.41. The zero-order valence-electron chi connectivity index (χ0n) is 9.97. The first-order chi connectivity index (χ1) is 9.06. The topological polar surface area (TPSA) is 72.9 Å². The van der Waals surface area contributed by atoms with Gasteiger partial charge in [-0.2, -0.15) is 0 Å². The van der Waals surface area contributed by atoms with Crippen molar-refractivity contribution >= 4 is 39.3 Å². The first-order valence-corrected chi connectivity index (χ1v) is 6.70. The molecule has 0 spiro atoms. The highest BCUT2D eigenvalue weighted by atomic mass is 79.9. The minimum atomic E-state index is -0.978. The summed E-state index contributed by atoms with van der Waals surface area (Å²) in [6.45, 7) is 1.14. The van der Waals surface area contributed by atoms with E-state index in [1.807, 2.05) is 23.1 Å². The quantitative estimate of drug-likeness (QED) is 0.759. The Morgan fingerprint density at radius 3 is 2.95 bits per heavy atom. The van der Waals surface area contributed by atoms with Crippen LogP contribution in [-0.4, -0.2) is 47.7 Å². The Hall–Kier alpha value is -1.76. The number of fused-ring (bicyclic) bond motifs is 3. The van der Waals surface area contributed by atoms with Gasteiger partial charge in [0.05, 0.1) is 17.9 Å². The molecule has 2 aliphatic rings. The molecule has 19 heavy (non-hydrogen) atoms. The van der Waals surface area contributed by atoms with Gasteiger partial charge in [0.25, 0.3) is 0 Å². The van der Waals surface area contributed by atoms with Gasteiger partial charge in [0, 0.05) is 17.6 Å². The van der Waals surface area contributed by atoms with Crippen LogP contribution in [0, 0.1) is 0 Å². The van der Waals surface area contributed by atoms with E-state index in [9.17, 15) is 9.59 Å². The van der Waals surface area contributed by atoms with E-state index in [1.165, 1.54) is 4.90 Å². The molecule has 2 amide bonds. The third-order valence-electron chi connectivity index (χ3n) is 3.48. The van der Waals surface area contributed by atoms with Crippen molar-refractivity contribution in [1.82, 2.24) is 4.90 Å². The molecule has 3 rings (SSSR count). The van der Waals surface area contributed by atoms with Gasteiger partial charge >= 0.3 is 6.09 Å². The normalized spacial score (nSPS) is 21.5. The summed E-state index contributed by atoms with van der Waals surface area (Å²) in [7, 11) is 0. The van der Waals surface area contributed by atoms with Crippen molar-refractivity contribution in [1.29, 1.82) is 0 Å². The standard InChI is InChI=1S/C12H12BrN3O3/c13-7-1-2-9-8(5-7)14-11(17)10-6-15(12(18)19)3-4-16(9)10/h1-2,5,10H,3-4,6H2,(H,14,17)(H,18,19)/t10-/m1/s1. The molecular formula is C12H12BrN3O3. The number of anilines is 2. The van der Waals surface area contributed by atoms with E-state index in [2.05, 4.69) is 21.2 Å². The number of halogens is 1. The van der Waals surface area contributed by atoms with Crippen LogP contribution in [0.1, 0.15) is 0 Å². The minimum Gasteiger partial charge on any atom is -0.465 e. The van der Waals surface area contributed by atoms with Gasteiger partial charge in [0.15, 0.2) is 0 Å². The number of carbonyl (C=O) groups excluding carboxylic acids is 1. The Morgan fingerprint density at radius 1 is 1.42 bits per heavy atom. The maximum absolute atomic E-state index is 12.1. The number of hydrogen-bond donors (Lipinski definition) is 2. The highest BCUT2D eigenvalue weighted by molar-refractivity contribution is 9.10. The van der Waals surface area contributed by atoms with Crippen molar-refractivity contribution in [3.8, 4) is 0 Å². The lowest BCUT2D eigenvalue weighted by Gasteiger charge is -2.44. The third-order valence-corrected chi connectivity index (χ3v) is 3.97. The van der Waals surface area contributed by atoms with Crippen molar-refractivity contribution in [3.05, 3.63) is 22.7 Å². The number of carboxylic acid groups (broad SMARTS) is 1. The highest BCUT2D eigenvalue weighted by Crippen LogP contribution is 2.35. The number of nitrogens with one attached hydrogen (secondary N) is 1. The first kappa shape index (κ1) is 12.3. The molecule has 7 heteroatoms. The molecule has 0 aromatic heterocycles. The van der Waals surface area contributed by atoms with Gasteiger partial charge in [0.1, 0.15) is 6.04 Å². The van der Waals surface area contributed by atoms with Crippen LogP contribution in [0.3, 0.4) is 0 Å². The average Bonchev–Trinajstić information content (AvgIpc) is 2.38. The smallest absolute Gasteiger partial charge is 0.407 e. The Kier molecular flexibility index (Phi) is 2.85. The number of hydrogen-bond acceptors (Lipinski definition) is 3. The lowest BCUT2D eigenvalue weighted by Crippen LogP contribution is -2.60. The molecule has 0 bridgehead atoms. The van der Waals surface area contributed by atoms with Gasteiger partial charge < -0.3 is 20.2 Å². The van der Waals surface area contributed by atoms with E-state index >= 15 is 0 Å². The SMILES string of the molecule is O=C1Nc2cc(Br)ccc2N2CCN(C(=O)O)C[C@H]12. The molecule has 0 saturated carbocycles. The van der Waals surface area contributed by atoms with E-state index < -0.39 is 12.1 Å². The van der Waals surface area contributed by atoms with Gasteiger partial charge in [0.2, 0.25) is 5.91 Å². The maximum Gasteiger partial charge on any atom is 0.407 e. The molecule has 0 unspecified atom stereocenters. The fourth-order valence-electron chi connectivity index (χ4n) is 2.54. The summed E-state index contributed by atoms with van der Waals surface area (Å²) >= 11 is 3.37. The molecule has 0 aliphatic carbocycles. The Balaban J connectivity index is 1.94. The maximum atomic E-state index is 12.1. The van der Waals surface area contributed by atoms with Crippen molar-refractivity contribution in [2.24, 2.45) is 0 Å². The number of carbonyl (C=O) groups is 2. The molecule has 2 heterocycles. The predicted octanol–water partition coefficient (Wildman–Crippen LogP) is 1.57. The highest BCUT2D eigenvalue weighted by Gasteiger charge is 2.38. The lowest BCUT2D eigenvalue weighted by molar-refractivity contribution is -0.118. The predicted molar refractivity (Wildman–Crippen MR) is 73.5 cm³/mol. The van der Waals surface area contributed by atoms with Gasteiger partial charge in [-0.25, -0.2) is 4.79 Å². The summed E-state index contributed by atoms with van der Waals surface area (Å²) in [4.78, 5) is 26.3. The molecule has 1 atom stereocenters. The van der Waals surface area contributed by atoms with Crippen LogP contribution in [0.2, 0.25) is 0 Å². The van der Waals surface area contributed by atoms with Crippen molar-refractivity contribution < 1.29 is 14.7 Å². The van der Waals surface area contributed by atoms with Crippen LogP contribution < -0.4 is 10.2 Å². The largest absolute Gasteiger partial charge is 0.465 e. The van der Waals surface area contributed by atoms with E-state index in [-0.39, 0.29) is 12.5 Å². The molecule has 1 aromatic carbocycles. The Labute approximate surface area is 118 Å². The third kappa shape index (κ3) is 2.03. The summed E-state index contributed by atoms with van der Waals surface area (Å²) < 4.78 is 0.897. The van der Waals surface area contributed by atoms with E-state index in [0.29, 0.717) is 13.1 Å². The molecular weight excluding hydrogens is 314 g/mol. The van der Waals surface area contributed by atoms with Crippen molar-refractivity contribution in [3.63, 3.8) is 0 Å². The van der Waals surface area contributed by atoms with Crippen LogP contribution in [0.4, 0.5) is 16.2 Å². The van der Waals surface area contributed by atoms with Crippen LogP contribution in [0.5, 0.6) is 0 Å². The number of amides is 2. The summed E-state index contributed by atoms with van der Waals surface area (Å²) in [5, 5.41) is 11.8. The molecule has 1 fully saturated rings. The second-order valence-electron chi connectivity index (χ2n) is 4.59. The molecule has 6 nitrogen and oxygen atoms in total. The number of nitrogens with zero attached hydrogens (tertiary/aromatic N) is 2. The zero-order chi connectivity index (χ0) is 13.6. The van der Waals surface area contributed by atoms with Crippen LogP contribution in [0.25, 0.3) is 0 Å². The van der Waals surface area contributed by atoms with Gasteiger partial charge in [-0.1, -0.05) is 15.9 Å². The summed E-state index contributed by atoms with van der Waals surface area (Å²) in [5.74, 6) is -0.156. The fourth-order valence-corrected chi connectivity index (χ4v) is 2.91. The van der Waals surface area contributed by atoms with Crippen molar-refractivity contribution in [2.75, 3.05) is 29.9 Å². The zero-order valence-corrected chi connectivity index (χ0v) is 11.6. The molecule has 2 aliphatic heterocycles. The molecule has 100 valence electrons. The van der Waals surface area contributed by atoms with Gasteiger partial charge in [-0.15, -0.1) is 0 Å². The summed E-state index contributed by atoms with van der Waals surface area (Å²) in [6, 6.07) is 5.25. The Bertz CT molecular complexity index is 563. The monoisotopic (exact) mass is 325 g/mol. The van der Waals surface area contributed by atoms with Crippen LogP contribution in [0.15, 0.2) is 22.7 Å². The Morgan fingerprint density at radius 2 is 2.21 bits per heavy atom. The van der Waals surface area contributed by atoms with E-state index in [4.69, 9.17) is 5.11 Å². The molecule has 1 aromatic rings. The molecule has 0 radical (unpaired) electrons. The first-order valence-electron chi connectivity index (χ1n) is 5.91. The van der Waals surface area contributed by atoms with Crippen molar-refractivity contribution in [2.45, 2.75) is 6.04 Å². The summed E-state index contributed by atoms with van der Waals surface area (Å²) in [6.07, 6.45) is -0.978. The average molecular weight is 326 g/mol. The van der Waals surface area contributed by atoms with Gasteiger partial charge in [-0.05, 0) is 18.2 Å². The molecule has 2 N–H and O–H groups in total. The second-order valence-corrected chi connectivity index (χ2v) is 5.50. The van der Waals surface area contributed by atoms with E-state index in [0.717, 1.165) is 15.8 Å². The van der Waals surface area contributed by atoms with Crippen LogP contribution >= 0.6 is 15.9 Å². The number of benzene rings is 1. The fraction of sp³-hybridized carbons (Fsp3) is 0.333. The summed E-state index contributed by atoms with van der Waals surface area (Å²) in [5.41, 5.74) is 1.71. The molecule has 1 saturated heterocycles. The number of piperazine rings is 1. The van der Waals surface area contributed by atoms with Crippen LogP contribution in [-0.2, 0) is 4.79 Å². The van der Waals surface area contributed by atoms with Gasteiger partial charge in [-0.3, -0.25) is 4.79 Å². The lowest BCUT2D eigenvalue weighted by atomic mass is 10.1.